The van der Waals surface area contributed by atoms with E-state index in [4.69, 9.17) is 4.42 Å². The molecule has 0 spiro atoms. The Bertz CT molecular complexity index is 609. The van der Waals surface area contributed by atoms with E-state index >= 15 is 0 Å². The Morgan fingerprint density at radius 2 is 2.14 bits per heavy atom. The van der Waals surface area contributed by atoms with Gasteiger partial charge in [-0.2, -0.15) is 0 Å². The maximum absolute atomic E-state index is 12.2. The second-order valence-electron chi connectivity index (χ2n) is 5.17. The summed E-state index contributed by atoms with van der Waals surface area (Å²) in [6.45, 7) is 2.46. The van der Waals surface area contributed by atoms with Crippen LogP contribution < -0.4 is 5.32 Å². The quantitative estimate of drug-likeness (QED) is 0.898. The summed E-state index contributed by atoms with van der Waals surface area (Å²) in [6, 6.07) is 9.36. The highest BCUT2D eigenvalue weighted by atomic mass is 79.9. The number of amides is 1. The maximum atomic E-state index is 12.2. The molecule has 1 N–H and O–H groups in total. The van der Waals surface area contributed by atoms with Crippen LogP contribution in [0.1, 0.15) is 27.7 Å². The van der Waals surface area contributed by atoms with Crippen LogP contribution in [0.4, 0.5) is 0 Å². The molecule has 1 aromatic heterocycles. The number of hydrogen-bond donors (Lipinski definition) is 1. The minimum atomic E-state index is -0.0796. The molecule has 0 aliphatic heterocycles. The van der Waals surface area contributed by atoms with Gasteiger partial charge in [0.05, 0.1) is 12.3 Å². The summed E-state index contributed by atoms with van der Waals surface area (Å²) >= 11 is 3.44. The van der Waals surface area contributed by atoms with Crippen molar-refractivity contribution in [3.8, 4) is 0 Å². The average molecular weight is 351 g/mol. The molecule has 4 nitrogen and oxygen atoms in total. The van der Waals surface area contributed by atoms with Gasteiger partial charge in [0.15, 0.2) is 0 Å². The lowest BCUT2D eigenvalue weighted by Gasteiger charge is -2.22. The van der Waals surface area contributed by atoms with Crippen LogP contribution in [0.3, 0.4) is 0 Å². The summed E-state index contributed by atoms with van der Waals surface area (Å²) in [5.74, 6) is 0.760. The fourth-order valence-corrected chi connectivity index (χ4v) is 2.34. The first-order valence-corrected chi connectivity index (χ1v) is 7.52. The molecule has 5 heteroatoms. The lowest BCUT2D eigenvalue weighted by molar-refractivity contribution is 0.0939. The predicted octanol–water partition coefficient (Wildman–Crippen LogP) is 3.38. The van der Waals surface area contributed by atoms with Crippen molar-refractivity contribution in [2.45, 2.75) is 13.0 Å². The predicted molar refractivity (Wildman–Crippen MR) is 86.3 cm³/mol. The summed E-state index contributed by atoms with van der Waals surface area (Å²) < 4.78 is 6.43. The Kier molecular flexibility index (Phi) is 5.20. The normalized spacial score (nSPS) is 12.4. The molecule has 0 fully saturated rings. The van der Waals surface area contributed by atoms with Crippen LogP contribution in [0.25, 0.3) is 0 Å². The third-order valence-corrected chi connectivity index (χ3v) is 4.26. The highest BCUT2D eigenvalue weighted by Gasteiger charge is 2.18. The van der Waals surface area contributed by atoms with E-state index in [9.17, 15) is 4.79 Å². The molecule has 112 valence electrons. The molecule has 1 aromatic carbocycles. The van der Waals surface area contributed by atoms with Gasteiger partial charge in [0, 0.05) is 16.6 Å². The second kappa shape index (κ2) is 6.91. The minimum absolute atomic E-state index is 0.0143. The Morgan fingerprint density at radius 1 is 1.38 bits per heavy atom. The van der Waals surface area contributed by atoms with E-state index in [2.05, 4.69) is 21.2 Å². The molecule has 0 aliphatic rings. The SMILES string of the molecule is Cc1cc(C(=O)NCC(c2ccco2)N(C)C)ccc1Br. The topological polar surface area (TPSA) is 45.5 Å². The fraction of sp³-hybridized carbons (Fsp3) is 0.312. The van der Waals surface area contributed by atoms with E-state index in [1.807, 2.05) is 56.3 Å². The number of benzene rings is 1. The summed E-state index contributed by atoms with van der Waals surface area (Å²) in [5, 5.41) is 2.96. The van der Waals surface area contributed by atoms with Gasteiger partial charge in [0.2, 0.25) is 0 Å². The van der Waals surface area contributed by atoms with Gasteiger partial charge < -0.3 is 9.73 Å². The number of hydrogen-bond acceptors (Lipinski definition) is 3. The standard InChI is InChI=1S/C16H19BrN2O2/c1-11-9-12(6-7-13(11)17)16(20)18-10-14(19(2)3)15-5-4-8-21-15/h4-9,14H,10H2,1-3H3,(H,18,20). The Hall–Kier alpha value is -1.59. The minimum Gasteiger partial charge on any atom is -0.468 e. The highest BCUT2D eigenvalue weighted by molar-refractivity contribution is 9.10. The van der Waals surface area contributed by atoms with Gasteiger partial charge in [0.1, 0.15) is 5.76 Å². The lowest BCUT2D eigenvalue weighted by atomic mass is 10.1. The van der Waals surface area contributed by atoms with Crippen molar-refractivity contribution >= 4 is 21.8 Å². The summed E-state index contributed by atoms with van der Waals surface area (Å²) in [5.41, 5.74) is 1.70. The van der Waals surface area contributed by atoms with Gasteiger partial charge >= 0.3 is 0 Å². The fourth-order valence-electron chi connectivity index (χ4n) is 2.10. The largest absolute Gasteiger partial charge is 0.468 e. The summed E-state index contributed by atoms with van der Waals surface area (Å²) in [4.78, 5) is 14.2. The molecule has 0 bridgehead atoms. The smallest absolute Gasteiger partial charge is 0.251 e. The van der Waals surface area contributed by atoms with Crippen LogP contribution in [0.15, 0.2) is 45.5 Å². The number of aryl methyl sites for hydroxylation is 1. The van der Waals surface area contributed by atoms with Crippen molar-refractivity contribution in [1.29, 1.82) is 0 Å². The molecular weight excluding hydrogens is 332 g/mol. The lowest BCUT2D eigenvalue weighted by Crippen LogP contribution is -2.34. The number of likely N-dealkylation sites (N-methyl/N-ethyl adjacent to an activating group) is 1. The van der Waals surface area contributed by atoms with E-state index in [0.29, 0.717) is 12.1 Å². The molecule has 2 rings (SSSR count). The number of carbonyl (C=O) groups excluding carboxylic acids is 1. The first-order chi connectivity index (χ1) is 9.99. The van der Waals surface area contributed by atoms with Gasteiger partial charge in [-0.05, 0) is 56.9 Å². The molecule has 2 aromatic rings. The van der Waals surface area contributed by atoms with Crippen LogP contribution in [0.2, 0.25) is 0 Å². The van der Waals surface area contributed by atoms with Crippen molar-refractivity contribution in [2.75, 3.05) is 20.6 Å². The zero-order valence-electron chi connectivity index (χ0n) is 12.4. The van der Waals surface area contributed by atoms with E-state index in [1.54, 1.807) is 6.26 Å². The molecule has 1 amide bonds. The van der Waals surface area contributed by atoms with Crippen molar-refractivity contribution in [3.63, 3.8) is 0 Å². The highest BCUT2D eigenvalue weighted by Crippen LogP contribution is 2.19. The number of nitrogens with one attached hydrogen (secondary N) is 1. The first kappa shape index (κ1) is 15.8. The van der Waals surface area contributed by atoms with Crippen molar-refractivity contribution < 1.29 is 9.21 Å². The van der Waals surface area contributed by atoms with E-state index in [1.165, 1.54) is 0 Å². The number of furan rings is 1. The van der Waals surface area contributed by atoms with Crippen LogP contribution in [-0.2, 0) is 0 Å². The third kappa shape index (κ3) is 3.95. The third-order valence-electron chi connectivity index (χ3n) is 3.37. The summed E-state index contributed by atoms with van der Waals surface area (Å²) in [7, 11) is 3.92. The van der Waals surface area contributed by atoms with Gasteiger partial charge in [0.25, 0.3) is 5.91 Å². The molecule has 0 saturated carbocycles. The molecule has 0 aliphatic carbocycles. The first-order valence-electron chi connectivity index (χ1n) is 6.73. The molecule has 1 heterocycles. The van der Waals surface area contributed by atoms with E-state index < -0.39 is 0 Å². The van der Waals surface area contributed by atoms with Crippen LogP contribution >= 0.6 is 15.9 Å². The Labute approximate surface area is 133 Å². The molecular formula is C16H19BrN2O2. The Morgan fingerprint density at radius 3 is 2.71 bits per heavy atom. The van der Waals surface area contributed by atoms with Crippen LogP contribution in [0, 0.1) is 6.92 Å². The summed E-state index contributed by atoms with van der Waals surface area (Å²) in [6.07, 6.45) is 1.64. The van der Waals surface area contributed by atoms with Gasteiger partial charge in [-0.3, -0.25) is 9.69 Å². The van der Waals surface area contributed by atoms with Gasteiger partial charge in [-0.25, -0.2) is 0 Å². The Balaban J connectivity index is 2.03. The zero-order valence-corrected chi connectivity index (χ0v) is 14.0. The molecule has 0 radical (unpaired) electrons. The van der Waals surface area contributed by atoms with Crippen LogP contribution in [-0.4, -0.2) is 31.4 Å². The van der Waals surface area contributed by atoms with Crippen molar-refractivity contribution in [3.05, 3.63) is 58.0 Å². The number of rotatable bonds is 5. The molecule has 0 saturated heterocycles. The molecule has 21 heavy (non-hydrogen) atoms. The van der Waals surface area contributed by atoms with Gasteiger partial charge in [-0.15, -0.1) is 0 Å². The van der Waals surface area contributed by atoms with Gasteiger partial charge in [-0.1, -0.05) is 15.9 Å². The molecule has 1 atom stereocenters. The number of carbonyl (C=O) groups is 1. The number of nitrogens with zero attached hydrogens (tertiary/aromatic N) is 1. The van der Waals surface area contributed by atoms with Crippen LogP contribution in [0.5, 0.6) is 0 Å². The van der Waals surface area contributed by atoms with Crippen molar-refractivity contribution in [1.82, 2.24) is 10.2 Å². The average Bonchev–Trinajstić information content (AvgIpc) is 2.95. The zero-order chi connectivity index (χ0) is 15.4. The molecule has 1 unspecified atom stereocenters. The monoisotopic (exact) mass is 350 g/mol. The van der Waals surface area contributed by atoms with E-state index in [-0.39, 0.29) is 11.9 Å². The van der Waals surface area contributed by atoms with E-state index in [0.717, 1.165) is 15.8 Å². The maximum Gasteiger partial charge on any atom is 0.251 e. The number of halogens is 1. The van der Waals surface area contributed by atoms with Crippen molar-refractivity contribution in [2.24, 2.45) is 0 Å². The second-order valence-corrected chi connectivity index (χ2v) is 6.02.